The summed E-state index contributed by atoms with van der Waals surface area (Å²) in [4.78, 5) is 11.7. The van der Waals surface area contributed by atoms with E-state index in [9.17, 15) is 18.3 Å². The lowest BCUT2D eigenvalue weighted by molar-refractivity contribution is -0.149. The van der Waals surface area contributed by atoms with Crippen LogP contribution in [0.5, 0.6) is 0 Å². The number of hydrogen-bond donors (Lipinski definition) is 2. The molecule has 8 heteroatoms. The second-order valence-corrected chi connectivity index (χ2v) is 7.17. The highest BCUT2D eigenvalue weighted by Gasteiger charge is 2.47. The molecule has 7 nitrogen and oxygen atoms in total. The lowest BCUT2D eigenvalue weighted by Crippen LogP contribution is -2.52. The van der Waals surface area contributed by atoms with Crippen LogP contribution in [-0.4, -0.2) is 55.6 Å². The van der Waals surface area contributed by atoms with E-state index in [-0.39, 0.29) is 19.1 Å². The molecule has 0 aromatic carbocycles. The van der Waals surface area contributed by atoms with Crippen LogP contribution < -0.4 is 4.72 Å². The van der Waals surface area contributed by atoms with Gasteiger partial charge in [-0.25, -0.2) is 0 Å². The van der Waals surface area contributed by atoms with Gasteiger partial charge in [-0.3, -0.25) is 4.79 Å². The Morgan fingerprint density at radius 1 is 1.50 bits per heavy atom. The Kier molecular flexibility index (Phi) is 4.68. The molecular weight excluding hydrogens is 284 g/mol. The summed E-state index contributed by atoms with van der Waals surface area (Å²) in [6.45, 7) is 2.38. The standard InChI is InChI=1S/C12H22N2O5S/c1-2-19-11(16)10-4-3-7-14(8-10)20(17,18)13-12(9-15)5-6-12/h10,13,15H,2-9H2,1H3. The third-order valence-corrected chi connectivity index (χ3v) is 5.55. The molecule has 2 N–H and O–H groups in total. The van der Waals surface area contributed by atoms with Crippen LogP contribution in [0.25, 0.3) is 0 Å². The van der Waals surface area contributed by atoms with Crippen molar-refractivity contribution in [2.24, 2.45) is 5.92 Å². The van der Waals surface area contributed by atoms with Gasteiger partial charge in [-0.1, -0.05) is 0 Å². The highest BCUT2D eigenvalue weighted by atomic mass is 32.2. The molecule has 1 heterocycles. The number of hydrogen-bond acceptors (Lipinski definition) is 5. The summed E-state index contributed by atoms with van der Waals surface area (Å²) in [6.07, 6.45) is 2.59. The van der Waals surface area contributed by atoms with Crippen LogP contribution in [0.1, 0.15) is 32.6 Å². The monoisotopic (exact) mass is 306 g/mol. The fourth-order valence-corrected chi connectivity index (χ4v) is 4.09. The molecule has 0 aromatic heterocycles. The second-order valence-electron chi connectivity index (χ2n) is 5.49. The minimum Gasteiger partial charge on any atom is -0.466 e. The normalized spacial score (nSPS) is 26.2. The van der Waals surface area contributed by atoms with Gasteiger partial charge in [0.25, 0.3) is 10.2 Å². The SMILES string of the molecule is CCOC(=O)C1CCCN(S(=O)(=O)NC2(CO)CC2)C1. The highest BCUT2D eigenvalue weighted by molar-refractivity contribution is 7.87. The van der Waals surface area contributed by atoms with Gasteiger partial charge in [0.2, 0.25) is 0 Å². The Bertz CT molecular complexity index is 460. The molecular formula is C12H22N2O5S. The molecule has 2 fully saturated rings. The largest absolute Gasteiger partial charge is 0.466 e. The van der Waals surface area contributed by atoms with Crippen molar-refractivity contribution in [2.75, 3.05) is 26.3 Å². The number of rotatable bonds is 6. The van der Waals surface area contributed by atoms with Crippen LogP contribution in [0.15, 0.2) is 0 Å². The van der Waals surface area contributed by atoms with Crippen LogP contribution in [-0.2, 0) is 19.7 Å². The number of carbonyl (C=O) groups excluding carboxylic acids is 1. The first-order valence-electron chi connectivity index (χ1n) is 6.99. The van der Waals surface area contributed by atoms with Crippen LogP contribution in [0, 0.1) is 5.92 Å². The number of aliphatic hydroxyl groups is 1. The number of carbonyl (C=O) groups is 1. The molecule has 1 atom stereocenters. The maximum atomic E-state index is 12.3. The van der Waals surface area contributed by atoms with Gasteiger partial charge in [0.15, 0.2) is 0 Å². The van der Waals surface area contributed by atoms with Gasteiger partial charge in [0.1, 0.15) is 0 Å². The average molecular weight is 306 g/mol. The lowest BCUT2D eigenvalue weighted by Gasteiger charge is -2.31. The Morgan fingerprint density at radius 2 is 2.20 bits per heavy atom. The summed E-state index contributed by atoms with van der Waals surface area (Å²) in [5.74, 6) is -0.736. The summed E-state index contributed by atoms with van der Waals surface area (Å²) in [7, 11) is -3.66. The number of ether oxygens (including phenoxy) is 1. The Hall–Kier alpha value is -0.700. The van der Waals surface area contributed by atoms with E-state index in [0.29, 0.717) is 38.8 Å². The number of nitrogens with zero attached hydrogens (tertiary/aromatic N) is 1. The first-order chi connectivity index (χ1) is 9.42. The van der Waals surface area contributed by atoms with E-state index < -0.39 is 21.7 Å². The van der Waals surface area contributed by atoms with E-state index in [1.807, 2.05) is 0 Å². The van der Waals surface area contributed by atoms with Crippen LogP contribution >= 0.6 is 0 Å². The van der Waals surface area contributed by atoms with Gasteiger partial charge >= 0.3 is 5.97 Å². The summed E-state index contributed by atoms with van der Waals surface area (Å²) in [5, 5.41) is 9.21. The van der Waals surface area contributed by atoms with Gasteiger partial charge in [0.05, 0.1) is 24.7 Å². The van der Waals surface area contributed by atoms with Crippen molar-refractivity contribution in [3.63, 3.8) is 0 Å². The van der Waals surface area contributed by atoms with E-state index >= 15 is 0 Å². The smallest absolute Gasteiger partial charge is 0.310 e. The minimum absolute atomic E-state index is 0.148. The maximum Gasteiger partial charge on any atom is 0.310 e. The van der Waals surface area contributed by atoms with Crippen molar-refractivity contribution < 1.29 is 23.1 Å². The van der Waals surface area contributed by atoms with E-state index in [4.69, 9.17) is 4.74 Å². The fraction of sp³-hybridized carbons (Fsp3) is 0.917. The molecule has 1 aliphatic carbocycles. The van der Waals surface area contributed by atoms with Crippen molar-refractivity contribution in [1.82, 2.24) is 9.03 Å². The third-order valence-electron chi connectivity index (χ3n) is 3.85. The quantitative estimate of drug-likeness (QED) is 0.652. The van der Waals surface area contributed by atoms with Gasteiger partial charge in [0, 0.05) is 13.1 Å². The number of esters is 1. The zero-order valence-corrected chi connectivity index (χ0v) is 12.5. The summed E-state index contributed by atoms with van der Waals surface area (Å²) >= 11 is 0. The van der Waals surface area contributed by atoms with Crippen LogP contribution in [0.2, 0.25) is 0 Å². The number of piperidine rings is 1. The molecule has 2 aliphatic rings. The summed E-state index contributed by atoms with van der Waals surface area (Å²) in [5.41, 5.74) is -0.685. The lowest BCUT2D eigenvalue weighted by atomic mass is 10.0. The first kappa shape index (κ1) is 15.7. The maximum absolute atomic E-state index is 12.3. The van der Waals surface area contributed by atoms with Crippen LogP contribution in [0.3, 0.4) is 0 Å². The molecule has 1 saturated heterocycles. The summed E-state index contributed by atoms with van der Waals surface area (Å²) < 4.78 is 33.3. The Morgan fingerprint density at radius 3 is 2.75 bits per heavy atom. The molecule has 0 amide bonds. The second kappa shape index (κ2) is 5.97. The summed E-state index contributed by atoms with van der Waals surface area (Å²) in [6, 6.07) is 0. The topological polar surface area (TPSA) is 95.9 Å². The van der Waals surface area contributed by atoms with Crippen molar-refractivity contribution in [1.29, 1.82) is 0 Å². The van der Waals surface area contributed by atoms with E-state index in [0.717, 1.165) is 0 Å². The molecule has 2 rings (SSSR count). The van der Waals surface area contributed by atoms with Crippen molar-refractivity contribution in [3.8, 4) is 0 Å². The van der Waals surface area contributed by atoms with E-state index in [2.05, 4.69) is 4.72 Å². The van der Waals surface area contributed by atoms with Gasteiger partial charge < -0.3 is 9.84 Å². The predicted molar refractivity (Wildman–Crippen MR) is 72.0 cm³/mol. The minimum atomic E-state index is -3.66. The molecule has 116 valence electrons. The van der Waals surface area contributed by atoms with Crippen molar-refractivity contribution >= 4 is 16.2 Å². The predicted octanol–water partition coefficient (Wildman–Crippen LogP) is -0.379. The molecule has 0 aromatic rings. The molecule has 0 radical (unpaired) electrons. The van der Waals surface area contributed by atoms with Gasteiger partial charge in [-0.05, 0) is 32.6 Å². The molecule has 1 saturated carbocycles. The first-order valence-corrected chi connectivity index (χ1v) is 8.43. The average Bonchev–Trinajstić information content (AvgIpc) is 3.19. The van der Waals surface area contributed by atoms with Gasteiger partial charge in [-0.15, -0.1) is 0 Å². The zero-order valence-electron chi connectivity index (χ0n) is 11.7. The zero-order chi connectivity index (χ0) is 14.8. The number of nitrogens with one attached hydrogen (secondary N) is 1. The molecule has 1 aliphatic heterocycles. The van der Waals surface area contributed by atoms with Crippen molar-refractivity contribution in [3.05, 3.63) is 0 Å². The molecule has 1 unspecified atom stereocenters. The highest BCUT2D eigenvalue weighted by Crippen LogP contribution is 2.36. The molecule has 0 bridgehead atoms. The van der Waals surface area contributed by atoms with Crippen LogP contribution in [0.4, 0.5) is 0 Å². The molecule has 20 heavy (non-hydrogen) atoms. The Balaban J connectivity index is 1.99. The Labute approximate surface area is 119 Å². The molecule has 0 spiro atoms. The third kappa shape index (κ3) is 3.49. The fourth-order valence-electron chi connectivity index (χ4n) is 2.39. The van der Waals surface area contributed by atoms with E-state index in [1.54, 1.807) is 6.92 Å². The van der Waals surface area contributed by atoms with Gasteiger partial charge in [-0.2, -0.15) is 17.4 Å². The van der Waals surface area contributed by atoms with E-state index in [1.165, 1.54) is 4.31 Å². The van der Waals surface area contributed by atoms with Crippen molar-refractivity contribution in [2.45, 2.75) is 38.1 Å². The number of aliphatic hydroxyl groups excluding tert-OH is 1.